The number of nitrogens with zero attached hydrogens (tertiary/aromatic N) is 3. The Kier molecular flexibility index (Phi) is 4.01. The van der Waals surface area contributed by atoms with Crippen molar-refractivity contribution in [2.75, 3.05) is 23.3 Å². The van der Waals surface area contributed by atoms with E-state index < -0.39 is 0 Å². The van der Waals surface area contributed by atoms with Gasteiger partial charge in [-0.25, -0.2) is 4.79 Å². The van der Waals surface area contributed by atoms with Crippen molar-refractivity contribution in [2.45, 2.75) is 13.3 Å². The maximum atomic E-state index is 12.3. The van der Waals surface area contributed by atoms with Crippen LogP contribution in [0.2, 0.25) is 0 Å². The summed E-state index contributed by atoms with van der Waals surface area (Å²) in [5.41, 5.74) is 2.08. The zero-order valence-electron chi connectivity index (χ0n) is 12.0. The summed E-state index contributed by atoms with van der Waals surface area (Å²) in [6, 6.07) is 7.09. The molecule has 0 radical (unpaired) electrons. The Morgan fingerprint density at radius 3 is 3.09 bits per heavy atom. The number of carbonyl (C=O) groups is 2. The summed E-state index contributed by atoms with van der Waals surface area (Å²) in [5, 5.41) is 9.52. The highest BCUT2D eigenvalue weighted by Gasteiger charge is 2.21. The lowest BCUT2D eigenvalue weighted by Crippen LogP contribution is -2.27. The van der Waals surface area contributed by atoms with Crippen LogP contribution in [0.15, 0.2) is 24.3 Å². The summed E-state index contributed by atoms with van der Waals surface area (Å²) >= 11 is 1.08. The van der Waals surface area contributed by atoms with Gasteiger partial charge in [0, 0.05) is 24.5 Å². The summed E-state index contributed by atoms with van der Waals surface area (Å²) in [6.07, 6.45) is 0.660. The van der Waals surface area contributed by atoms with Crippen molar-refractivity contribution in [3.63, 3.8) is 0 Å². The van der Waals surface area contributed by atoms with Gasteiger partial charge in [0.2, 0.25) is 0 Å². The number of urea groups is 1. The molecule has 0 unspecified atom stereocenters. The Bertz CT molecular complexity index is 715. The van der Waals surface area contributed by atoms with Gasteiger partial charge in [0.1, 0.15) is 4.88 Å². The summed E-state index contributed by atoms with van der Waals surface area (Å²) in [5.74, 6) is -0.227. The fraction of sp³-hybridized carbons (Fsp3) is 0.286. The predicted molar refractivity (Wildman–Crippen MR) is 84.4 cm³/mol. The molecular formula is C14H15N5O2S. The Morgan fingerprint density at radius 2 is 2.36 bits per heavy atom. The number of nitrogens with one attached hydrogen (secondary N) is 2. The lowest BCUT2D eigenvalue weighted by molar-refractivity contribution is 0.102. The maximum Gasteiger partial charge on any atom is 0.321 e. The van der Waals surface area contributed by atoms with Gasteiger partial charge in [-0.15, -0.1) is 5.10 Å². The normalized spacial score (nSPS) is 14.0. The number of carbonyl (C=O) groups excluding carboxylic acids is 2. The highest BCUT2D eigenvalue weighted by atomic mass is 32.1. The molecule has 3 amide bonds. The van der Waals surface area contributed by atoms with E-state index in [-0.39, 0.29) is 11.9 Å². The fourth-order valence-corrected chi connectivity index (χ4v) is 2.92. The van der Waals surface area contributed by atoms with Crippen LogP contribution in [-0.2, 0) is 6.42 Å². The summed E-state index contributed by atoms with van der Waals surface area (Å²) < 4.78 is 3.82. The topological polar surface area (TPSA) is 87.2 Å². The molecular weight excluding hydrogens is 302 g/mol. The van der Waals surface area contributed by atoms with Crippen molar-refractivity contribution in [3.05, 3.63) is 34.8 Å². The molecule has 0 spiro atoms. The molecule has 3 rings (SSSR count). The van der Waals surface area contributed by atoms with Gasteiger partial charge < -0.3 is 10.6 Å². The van der Waals surface area contributed by atoms with E-state index in [2.05, 4.69) is 20.2 Å². The van der Waals surface area contributed by atoms with Crippen LogP contribution in [0, 0.1) is 0 Å². The van der Waals surface area contributed by atoms with Gasteiger partial charge in [-0.2, -0.15) is 0 Å². The Hall–Kier alpha value is -2.48. The minimum atomic E-state index is -0.227. The number of aryl methyl sites for hydroxylation is 1. The van der Waals surface area contributed by atoms with Crippen molar-refractivity contribution >= 4 is 34.8 Å². The van der Waals surface area contributed by atoms with E-state index in [0.717, 1.165) is 17.2 Å². The highest BCUT2D eigenvalue weighted by Crippen LogP contribution is 2.22. The smallest absolute Gasteiger partial charge is 0.321 e. The molecule has 7 nitrogen and oxygen atoms in total. The van der Waals surface area contributed by atoms with Gasteiger partial charge in [-0.1, -0.05) is 17.5 Å². The first-order valence-electron chi connectivity index (χ1n) is 6.97. The van der Waals surface area contributed by atoms with E-state index in [4.69, 9.17) is 0 Å². The van der Waals surface area contributed by atoms with Crippen LogP contribution in [0.5, 0.6) is 0 Å². The van der Waals surface area contributed by atoms with Crippen LogP contribution >= 0.6 is 11.5 Å². The molecule has 2 aromatic rings. The number of amides is 3. The van der Waals surface area contributed by atoms with E-state index in [1.807, 2.05) is 19.1 Å². The van der Waals surface area contributed by atoms with Gasteiger partial charge in [0.25, 0.3) is 5.91 Å². The molecule has 1 aliphatic heterocycles. The van der Waals surface area contributed by atoms with Crippen molar-refractivity contribution in [2.24, 2.45) is 0 Å². The van der Waals surface area contributed by atoms with Crippen molar-refractivity contribution in [3.8, 4) is 0 Å². The Morgan fingerprint density at radius 1 is 1.50 bits per heavy atom. The number of hydrogen-bond donors (Lipinski definition) is 2. The molecule has 0 aliphatic carbocycles. The van der Waals surface area contributed by atoms with E-state index in [1.54, 1.807) is 17.0 Å². The second-order valence-corrected chi connectivity index (χ2v) is 5.54. The molecule has 114 valence electrons. The van der Waals surface area contributed by atoms with E-state index in [0.29, 0.717) is 35.8 Å². The minimum absolute atomic E-state index is 0.122. The molecule has 2 heterocycles. The third-order valence-electron chi connectivity index (χ3n) is 3.37. The van der Waals surface area contributed by atoms with E-state index >= 15 is 0 Å². The molecule has 1 fully saturated rings. The van der Waals surface area contributed by atoms with Crippen LogP contribution in [0.3, 0.4) is 0 Å². The zero-order chi connectivity index (χ0) is 15.5. The second kappa shape index (κ2) is 6.10. The number of benzene rings is 1. The Labute approximate surface area is 131 Å². The minimum Gasteiger partial charge on any atom is -0.336 e. The van der Waals surface area contributed by atoms with Crippen LogP contribution in [0.25, 0.3) is 0 Å². The lowest BCUT2D eigenvalue weighted by Gasteiger charge is -2.15. The number of aromatic nitrogens is 2. The van der Waals surface area contributed by atoms with Crippen LogP contribution in [-0.4, -0.2) is 34.6 Å². The van der Waals surface area contributed by atoms with Gasteiger partial charge in [0.15, 0.2) is 0 Å². The molecule has 8 heteroatoms. The highest BCUT2D eigenvalue weighted by molar-refractivity contribution is 7.08. The van der Waals surface area contributed by atoms with Crippen molar-refractivity contribution in [1.82, 2.24) is 14.9 Å². The van der Waals surface area contributed by atoms with Gasteiger partial charge >= 0.3 is 6.03 Å². The first-order valence-corrected chi connectivity index (χ1v) is 7.74. The lowest BCUT2D eigenvalue weighted by atomic mass is 10.2. The monoisotopic (exact) mass is 317 g/mol. The van der Waals surface area contributed by atoms with Crippen LogP contribution in [0.1, 0.15) is 22.3 Å². The van der Waals surface area contributed by atoms with Crippen LogP contribution < -0.4 is 15.5 Å². The quantitative estimate of drug-likeness (QED) is 0.901. The molecule has 1 aliphatic rings. The average Bonchev–Trinajstić information content (AvgIpc) is 3.15. The summed E-state index contributed by atoms with van der Waals surface area (Å²) in [4.78, 5) is 26.1. The molecule has 1 aromatic heterocycles. The number of anilines is 2. The third kappa shape index (κ3) is 2.77. The summed E-state index contributed by atoms with van der Waals surface area (Å²) in [7, 11) is 0. The predicted octanol–water partition coefficient (Wildman–Crippen LogP) is 1.88. The first kappa shape index (κ1) is 14.5. The van der Waals surface area contributed by atoms with Crippen LogP contribution in [0.4, 0.5) is 16.2 Å². The molecule has 1 saturated heterocycles. The number of hydrogen-bond acceptors (Lipinski definition) is 5. The molecule has 0 saturated carbocycles. The molecule has 1 aromatic carbocycles. The third-order valence-corrected chi connectivity index (χ3v) is 4.14. The molecule has 2 N–H and O–H groups in total. The van der Waals surface area contributed by atoms with Crippen molar-refractivity contribution < 1.29 is 9.59 Å². The molecule has 0 atom stereocenters. The average molecular weight is 317 g/mol. The SMILES string of the molecule is CCc1nnsc1C(=O)Nc1cccc(N2CCNC2=O)c1. The van der Waals surface area contributed by atoms with Crippen molar-refractivity contribution in [1.29, 1.82) is 0 Å². The first-order chi connectivity index (χ1) is 10.7. The molecule has 0 bridgehead atoms. The Balaban J connectivity index is 1.78. The largest absolute Gasteiger partial charge is 0.336 e. The van der Waals surface area contributed by atoms with E-state index in [9.17, 15) is 9.59 Å². The molecule has 22 heavy (non-hydrogen) atoms. The zero-order valence-corrected chi connectivity index (χ0v) is 12.8. The van der Waals surface area contributed by atoms with E-state index in [1.165, 1.54) is 0 Å². The maximum absolute atomic E-state index is 12.3. The van der Waals surface area contributed by atoms with Gasteiger partial charge in [-0.3, -0.25) is 9.69 Å². The fourth-order valence-electron chi connectivity index (χ4n) is 2.27. The second-order valence-electron chi connectivity index (χ2n) is 4.79. The van der Waals surface area contributed by atoms with Gasteiger partial charge in [-0.05, 0) is 36.2 Å². The standard InChI is InChI=1S/C14H15N5O2S/c1-2-11-12(22-18-17-11)13(20)16-9-4-3-5-10(8-9)19-7-6-15-14(19)21/h3-5,8H,2,6-7H2,1H3,(H,15,21)(H,16,20). The van der Waals surface area contributed by atoms with Gasteiger partial charge in [0.05, 0.1) is 5.69 Å². The number of rotatable bonds is 4. The summed E-state index contributed by atoms with van der Waals surface area (Å²) in [6.45, 7) is 3.18.